The van der Waals surface area contributed by atoms with Crippen molar-refractivity contribution in [2.24, 2.45) is 5.73 Å². The van der Waals surface area contributed by atoms with Gasteiger partial charge >= 0.3 is 0 Å². The number of carbonyl (C=O) groups excluding carboxylic acids is 2. The Morgan fingerprint density at radius 2 is 1.61 bits per heavy atom. The molecule has 3 aromatic carbocycles. The number of nitrogens with two attached hydrogens (primary N) is 1. The summed E-state index contributed by atoms with van der Waals surface area (Å²) in [6, 6.07) is 18.0. The van der Waals surface area contributed by atoms with Crippen LogP contribution in [0.25, 0.3) is 10.9 Å². The van der Waals surface area contributed by atoms with Gasteiger partial charge in [0.05, 0.1) is 10.5 Å². The molecule has 0 aliphatic heterocycles. The van der Waals surface area contributed by atoms with Crippen molar-refractivity contribution < 1.29 is 19.1 Å². The average Bonchev–Trinajstić information content (AvgIpc) is 3.26. The van der Waals surface area contributed by atoms with Gasteiger partial charge in [-0.1, -0.05) is 40.9 Å². The number of carbonyl (C=O) groups is 2. The van der Waals surface area contributed by atoms with E-state index >= 15 is 0 Å². The van der Waals surface area contributed by atoms with E-state index in [2.05, 4.69) is 4.98 Å². The summed E-state index contributed by atoms with van der Waals surface area (Å²) in [6.45, 7) is 3.51. The van der Waals surface area contributed by atoms with Crippen LogP contribution in [0.4, 0.5) is 5.69 Å². The first kappa shape index (κ1) is 25.6. The van der Waals surface area contributed by atoms with Gasteiger partial charge in [0.15, 0.2) is 17.8 Å². The minimum Gasteiger partial charge on any atom is -0.483 e. The first-order valence-electron chi connectivity index (χ1n) is 11.2. The Balaban J connectivity index is 1.37. The minimum atomic E-state index is -1.35. The van der Waals surface area contributed by atoms with Crippen LogP contribution in [0.5, 0.6) is 17.4 Å². The third-order valence-electron chi connectivity index (χ3n) is 5.71. The number of benzene rings is 3. The number of nitrogens with zero attached hydrogens (tertiary/aromatic N) is 1. The molecule has 0 aliphatic carbocycles. The Hall–Kier alpha value is -3.52. The molecule has 0 saturated carbocycles. The number of hydrogen-bond donors (Lipinski definition) is 2. The highest BCUT2D eigenvalue weighted by Crippen LogP contribution is 2.32. The topological polar surface area (TPSA) is 97.7 Å². The highest BCUT2D eigenvalue weighted by molar-refractivity contribution is 6.38. The second kappa shape index (κ2) is 10.6. The molecule has 0 radical (unpaired) electrons. The summed E-state index contributed by atoms with van der Waals surface area (Å²) in [5, 5.41) is 1.86. The van der Waals surface area contributed by atoms with Gasteiger partial charge in [-0.25, -0.2) is 0 Å². The number of hydrogen-bond acceptors (Lipinski definition) is 5. The third-order valence-corrected chi connectivity index (χ3v) is 6.23. The summed E-state index contributed by atoms with van der Waals surface area (Å²) in [6.07, 6.45) is -0.928. The first-order valence-corrected chi connectivity index (χ1v) is 11.9. The van der Waals surface area contributed by atoms with E-state index in [4.69, 9.17) is 38.4 Å². The standard InChI is InChI=1S/C27H25Cl2N3O4/c1-15-4-6-19(7-5-15)32(3)27(34)24(30)26(33)16(2)35-20-8-10-21(11-9-20)36-23-13-17-12-18(28)14-22(29)25(17)31-23/h4-14,16,24,31H,30H2,1-3H3. The summed E-state index contributed by atoms with van der Waals surface area (Å²) in [5.74, 6) is 0.437. The number of H-pyrrole nitrogens is 1. The Kier molecular flexibility index (Phi) is 7.54. The first-order chi connectivity index (χ1) is 17.1. The summed E-state index contributed by atoms with van der Waals surface area (Å²) in [4.78, 5) is 30.0. The molecule has 0 saturated heterocycles. The second-order valence-electron chi connectivity index (χ2n) is 8.43. The number of ether oxygens (including phenoxy) is 2. The minimum absolute atomic E-state index is 0.432. The highest BCUT2D eigenvalue weighted by atomic mass is 35.5. The van der Waals surface area contributed by atoms with Crippen molar-refractivity contribution in [3.63, 3.8) is 0 Å². The van der Waals surface area contributed by atoms with Crippen molar-refractivity contribution in [2.75, 3.05) is 11.9 Å². The van der Waals surface area contributed by atoms with Crippen LogP contribution in [0.15, 0.2) is 66.7 Å². The van der Waals surface area contributed by atoms with Crippen molar-refractivity contribution in [3.8, 4) is 17.4 Å². The summed E-state index contributed by atoms with van der Waals surface area (Å²) >= 11 is 12.3. The smallest absolute Gasteiger partial charge is 0.251 e. The zero-order valence-corrected chi connectivity index (χ0v) is 21.4. The number of halogens is 2. The number of aromatic nitrogens is 1. The van der Waals surface area contributed by atoms with Crippen molar-refractivity contribution in [3.05, 3.63) is 82.3 Å². The van der Waals surface area contributed by atoms with Gasteiger partial charge in [0.2, 0.25) is 0 Å². The Morgan fingerprint density at radius 1 is 0.972 bits per heavy atom. The number of Topliss-reactive ketones (excluding diaryl/α,β-unsaturated/α-hetero) is 1. The molecular formula is C27H25Cl2N3O4. The lowest BCUT2D eigenvalue weighted by atomic mass is 10.1. The van der Waals surface area contributed by atoms with Gasteiger partial charge in [-0.3, -0.25) is 9.59 Å². The number of anilines is 1. The fourth-order valence-corrected chi connectivity index (χ4v) is 4.21. The van der Waals surface area contributed by atoms with Crippen molar-refractivity contribution >= 4 is 51.5 Å². The maximum atomic E-state index is 12.8. The largest absolute Gasteiger partial charge is 0.483 e. The molecule has 4 rings (SSSR count). The molecule has 2 unspecified atom stereocenters. The number of aryl methyl sites for hydroxylation is 1. The molecule has 7 nitrogen and oxygen atoms in total. The molecule has 2 atom stereocenters. The average molecular weight is 526 g/mol. The number of likely N-dealkylation sites (N-methyl/N-ethyl adjacent to an activating group) is 1. The molecule has 1 heterocycles. The number of amides is 1. The fraction of sp³-hybridized carbons (Fsp3) is 0.185. The lowest BCUT2D eigenvalue weighted by molar-refractivity contribution is -0.132. The van der Waals surface area contributed by atoms with Crippen LogP contribution >= 0.6 is 23.2 Å². The lowest BCUT2D eigenvalue weighted by Gasteiger charge is -2.23. The van der Waals surface area contributed by atoms with Crippen LogP contribution in [0.1, 0.15) is 12.5 Å². The molecule has 0 bridgehead atoms. The van der Waals surface area contributed by atoms with Gasteiger partial charge in [-0.15, -0.1) is 0 Å². The van der Waals surface area contributed by atoms with Crippen LogP contribution in [0.3, 0.4) is 0 Å². The monoisotopic (exact) mass is 525 g/mol. The maximum absolute atomic E-state index is 12.8. The SMILES string of the molecule is Cc1ccc(N(C)C(=O)C(N)C(=O)C(C)Oc2ccc(Oc3cc4cc(Cl)cc(Cl)c4[nH]3)cc2)cc1. The van der Waals surface area contributed by atoms with Crippen LogP contribution in [0.2, 0.25) is 10.0 Å². The van der Waals surface area contributed by atoms with Gasteiger partial charge in [0.1, 0.15) is 17.5 Å². The fourth-order valence-electron chi connectivity index (χ4n) is 3.65. The van der Waals surface area contributed by atoms with E-state index in [0.29, 0.717) is 33.1 Å². The quantitative estimate of drug-likeness (QED) is 0.279. The molecule has 3 N–H and O–H groups in total. The Labute approximate surface area is 218 Å². The summed E-state index contributed by atoms with van der Waals surface area (Å²) < 4.78 is 11.6. The van der Waals surface area contributed by atoms with Gasteiger partial charge < -0.3 is 25.1 Å². The van der Waals surface area contributed by atoms with Gasteiger partial charge in [-0.2, -0.15) is 0 Å². The molecule has 4 aromatic rings. The molecule has 0 spiro atoms. The Morgan fingerprint density at radius 3 is 2.28 bits per heavy atom. The number of nitrogens with one attached hydrogen (secondary N) is 1. The van der Waals surface area contributed by atoms with E-state index in [1.54, 1.807) is 68.6 Å². The van der Waals surface area contributed by atoms with Crippen LogP contribution in [-0.2, 0) is 9.59 Å². The predicted octanol–water partition coefficient (Wildman–Crippen LogP) is 5.90. The second-order valence-corrected chi connectivity index (χ2v) is 9.28. The zero-order valence-electron chi connectivity index (χ0n) is 19.9. The number of aromatic amines is 1. The maximum Gasteiger partial charge on any atom is 0.251 e. The number of rotatable bonds is 8. The molecule has 186 valence electrons. The number of ketones is 1. The van der Waals surface area contributed by atoms with E-state index in [-0.39, 0.29) is 0 Å². The van der Waals surface area contributed by atoms with Gasteiger partial charge in [-0.05, 0) is 62.4 Å². The molecule has 0 aliphatic rings. The molecule has 1 amide bonds. The Bertz CT molecular complexity index is 1400. The van der Waals surface area contributed by atoms with E-state index in [1.165, 1.54) is 4.90 Å². The predicted molar refractivity (Wildman–Crippen MR) is 142 cm³/mol. The van der Waals surface area contributed by atoms with E-state index in [0.717, 1.165) is 16.5 Å². The summed E-state index contributed by atoms with van der Waals surface area (Å²) in [5.41, 5.74) is 8.42. The lowest BCUT2D eigenvalue weighted by Crippen LogP contribution is -2.51. The van der Waals surface area contributed by atoms with E-state index in [1.807, 2.05) is 19.1 Å². The molecule has 9 heteroatoms. The molecule has 0 fully saturated rings. The number of fused-ring (bicyclic) bond motifs is 1. The highest BCUT2D eigenvalue weighted by Gasteiger charge is 2.30. The van der Waals surface area contributed by atoms with E-state index in [9.17, 15) is 9.59 Å². The molecule has 36 heavy (non-hydrogen) atoms. The third kappa shape index (κ3) is 5.65. The van der Waals surface area contributed by atoms with Crippen molar-refractivity contribution in [1.29, 1.82) is 0 Å². The molecule has 1 aromatic heterocycles. The van der Waals surface area contributed by atoms with E-state index < -0.39 is 23.8 Å². The van der Waals surface area contributed by atoms with Crippen LogP contribution in [-0.4, -0.2) is 35.9 Å². The van der Waals surface area contributed by atoms with Gasteiger partial charge in [0.25, 0.3) is 5.91 Å². The zero-order chi connectivity index (χ0) is 26.0. The summed E-state index contributed by atoms with van der Waals surface area (Å²) in [7, 11) is 1.58. The normalized spacial score (nSPS) is 12.7. The van der Waals surface area contributed by atoms with Crippen LogP contribution in [0, 0.1) is 6.92 Å². The van der Waals surface area contributed by atoms with Crippen molar-refractivity contribution in [1.82, 2.24) is 4.98 Å². The van der Waals surface area contributed by atoms with Crippen LogP contribution < -0.4 is 20.1 Å². The van der Waals surface area contributed by atoms with Crippen molar-refractivity contribution in [2.45, 2.75) is 26.0 Å². The molecular weight excluding hydrogens is 501 g/mol. The van der Waals surface area contributed by atoms with Gasteiger partial charge in [0, 0.05) is 29.2 Å².